The molecule has 200 valence electrons. The van der Waals surface area contributed by atoms with Crippen LogP contribution in [0, 0.1) is 0 Å². The Kier molecular flexibility index (Phi) is 7.54. The Hall–Kier alpha value is -1.79. The average Bonchev–Trinajstić information content (AvgIpc) is 3.40. The number of sulfonamides is 1. The summed E-state index contributed by atoms with van der Waals surface area (Å²) in [6, 6.07) is 14.0. The number of piperidine rings is 1. The molecule has 1 aromatic carbocycles. The van der Waals surface area contributed by atoms with Crippen molar-refractivity contribution in [3.63, 3.8) is 0 Å². The van der Waals surface area contributed by atoms with E-state index in [4.69, 9.17) is 16.3 Å². The van der Waals surface area contributed by atoms with Crippen molar-refractivity contribution in [1.29, 1.82) is 0 Å². The van der Waals surface area contributed by atoms with Gasteiger partial charge in [0, 0.05) is 49.1 Å². The third-order valence-electron chi connectivity index (χ3n) is 8.10. The van der Waals surface area contributed by atoms with E-state index >= 15 is 0 Å². The molecule has 4 heterocycles. The molecule has 2 aromatic rings. The van der Waals surface area contributed by atoms with Gasteiger partial charge in [-0.3, -0.25) is 14.6 Å². The highest BCUT2D eigenvalue weighted by Crippen LogP contribution is 2.45. The molecule has 0 aliphatic carbocycles. The number of benzene rings is 1. The van der Waals surface area contributed by atoms with Gasteiger partial charge in [0.2, 0.25) is 15.9 Å². The van der Waals surface area contributed by atoms with Crippen LogP contribution in [-0.4, -0.2) is 98.0 Å². The first-order valence-electron chi connectivity index (χ1n) is 12.4. The van der Waals surface area contributed by atoms with Crippen LogP contribution in [0.5, 0.6) is 0 Å². The van der Waals surface area contributed by atoms with Gasteiger partial charge in [0.15, 0.2) is 0 Å². The molecule has 1 amide bonds. The molecule has 3 saturated heterocycles. The second-order valence-corrected chi connectivity index (χ2v) is 13.8. The van der Waals surface area contributed by atoms with Crippen molar-refractivity contribution >= 4 is 44.9 Å². The highest BCUT2D eigenvalue weighted by molar-refractivity contribution is 7.92. The van der Waals surface area contributed by atoms with Gasteiger partial charge in [0.05, 0.1) is 24.0 Å². The molecule has 3 aliphatic rings. The van der Waals surface area contributed by atoms with E-state index in [1.54, 1.807) is 19.2 Å². The number of thiophene rings is 1. The highest BCUT2D eigenvalue weighted by Gasteiger charge is 2.62. The Labute approximate surface area is 228 Å². The van der Waals surface area contributed by atoms with Crippen molar-refractivity contribution in [1.82, 2.24) is 19.0 Å². The molecule has 1 unspecified atom stereocenters. The molecule has 11 heteroatoms. The fourth-order valence-electron chi connectivity index (χ4n) is 6.01. The lowest BCUT2D eigenvalue weighted by molar-refractivity contribution is -0.152. The second kappa shape index (κ2) is 10.4. The summed E-state index contributed by atoms with van der Waals surface area (Å²) in [4.78, 5) is 20.8. The predicted octanol–water partition coefficient (Wildman–Crippen LogP) is 3.17. The van der Waals surface area contributed by atoms with Crippen LogP contribution in [-0.2, 0) is 26.1 Å². The number of likely N-dealkylation sites (N-methyl/N-ethyl adjacent to an activating group) is 1. The lowest BCUT2D eigenvalue weighted by Crippen LogP contribution is -2.70. The number of hydrogen-bond donors (Lipinski definition) is 0. The number of halogens is 1. The van der Waals surface area contributed by atoms with E-state index in [0.717, 1.165) is 37.4 Å². The van der Waals surface area contributed by atoms with Gasteiger partial charge in [0.1, 0.15) is 5.66 Å². The molecule has 1 spiro atoms. The number of piperazine rings is 1. The monoisotopic (exact) mass is 564 g/mol. The number of likely N-dealkylation sites (tertiary alicyclic amines) is 1. The number of nitrogens with zero attached hydrogens (tertiary/aromatic N) is 4. The number of fused-ring (bicyclic) bond motifs is 1. The highest BCUT2D eigenvalue weighted by atomic mass is 35.5. The van der Waals surface area contributed by atoms with E-state index in [-0.39, 0.29) is 31.1 Å². The fourth-order valence-corrected chi connectivity index (χ4v) is 8.22. The minimum Gasteiger partial charge on any atom is -0.381 e. The number of ether oxygens (including phenoxy) is 1. The smallest absolute Gasteiger partial charge is 0.239 e. The molecule has 1 atom stereocenters. The van der Waals surface area contributed by atoms with Gasteiger partial charge in [-0.2, -0.15) is 4.31 Å². The van der Waals surface area contributed by atoms with Crippen LogP contribution in [0.25, 0.3) is 6.08 Å². The summed E-state index contributed by atoms with van der Waals surface area (Å²) in [6.45, 7) is 3.55. The first kappa shape index (κ1) is 26.8. The SMILES string of the molecule is COCC12CN(S(=O)(=O)C=Cc3ccc(Cl)s3)CC(=O)N1CC1(CCN(Cc3ccccc3)CC1)N2C. The van der Waals surface area contributed by atoms with Gasteiger partial charge in [-0.25, -0.2) is 8.42 Å². The number of rotatable bonds is 7. The van der Waals surface area contributed by atoms with E-state index in [0.29, 0.717) is 10.9 Å². The van der Waals surface area contributed by atoms with E-state index in [1.165, 1.54) is 32.7 Å². The van der Waals surface area contributed by atoms with Gasteiger partial charge in [-0.05, 0) is 43.7 Å². The maximum absolute atomic E-state index is 13.5. The summed E-state index contributed by atoms with van der Waals surface area (Å²) in [6.07, 6.45) is 3.34. The normalized spacial score (nSPS) is 25.4. The topological polar surface area (TPSA) is 73.4 Å². The minimum absolute atomic E-state index is 0.163. The van der Waals surface area contributed by atoms with Crippen LogP contribution >= 0.6 is 22.9 Å². The zero-order chi connectivity index (χ0) is 26.3. The molecule has 3 fully saturated rings. The lowest BCUT2D eigenvalue weighted by Gasteiger charge is -2.50. The van der Waals surface area contributed by atoms with Gasteiger partial charge in [0.25, 0.3) is 0 Å². The predicted molar refractivity (Wildman–Crippen MR) is 147 cm³/mol. The third kappa shape index (κ3) is 5.13. The lowest BCUT2D eigenvalue weighted by atomic mass is 9.86. The number of carbonyl (C=O) groups is 1. The zero-order valence-corrected chi connectivity index (χ0v) is 23.6. The van der Waals surface area contributed by atoms with Gasteiger partial charge in [-0.15, -0.1) is 11.3 Å². The number of carbonyl (C=O) groups excluding carboxylic acids is 1. The third-order valence-corrected chi connectivity index (χ3v) is 10.8. The van der Waals surface area contributed by atoms with Crippen LogP contribution in [0.4, 0.5) is 0 Å². The zero-order valence-electron chi connectivity index (χ0n) is 21.2. The van der Waals surface area contributed by atoms with Gasteiger partial charge in [-0.1, -0.05) is 41.9 Å². The van der Waals surface area contributed by atoms with Crippen LogP contribution in [0.15, 0.2) is 47.9 Å². The first-order valence-corrected chi connectivity index (χ1v) is 15.1. The Balaban J connectivity index is 1.35. The van der Waals surface area contributed by atoms with Crippen molar-refractivity contribution in [2.45, 2.75) is 30.6 Å². The maximum atomic E-state index is 13.5. The molecule has 3 aliphatic heterocycles. The van der Waals surface area contributed by atoms with E-state index in [2.05, 4.69) is 34.1 Å². The molecule has 8 nitrogen and oxygen atoms in total. The largest absolute Gasteiger partial charge is 0.381 e. The van der Waals surface area contributed by atoms with Gasteiger partial charge >= 0.3 is 0 Å². The molecule has 0 saturated carbocycles. The quantitative estimate of drug-likeness (QED) is 0.514. The molecule has 5 rings (SSSR count). The second-order valence-electron chi connectivity index (χ2n) is 10.2. The molecular formula is C26H33ClN4O4S2. The van der Waals surface area contributed by atoms with Crippen molar-refractivity contribution < 1.29 is 17.9 Å². The Bertz CT molecular complexity index is 1260. The minimum atomic E-state index is -3.83. The first-order chi connectivity index (χ1) is 17.7. The summed E-state index contributed by atoms with van der Waals surface area (Å²) >= 11 is 7.28. The number of hydrogen-bond acceptors (Lipinski definition) is 7. The van der Waals surface area contributed by atoms with Crippen LogP contribution in [0.1, 0.15) is 23.3 Å². The molecule has 1 aromatic heterocycles. The number of methoxy groups -OCH3 is 1. The van der Waals surface area contributed by atoms with Crippen LogP contribution < -0.4 is 0 Å². The maximum Gasteiger partial charge on any atom is 0.239 e. The summed E-state index contributed by atoms with van der Waals surface area (Å²) in [5, 5.41) is 1.17. The van der Waals surface area contributed by atoms with Crippen LogP contribution in [0.2, 0.25) is 4.34 Å². The van der Waals surface area contributed by atoms with Gasteiger partial charge < -0.3 is 9.64 Å². The Morgan fingerprint density at radius 3 is 2.49 bits per heavy atom. The average molecular weight is 565 g/mol. The summed E-state index contributed by atoms with van der Waals surface area (Å²) in [7, 11) is -0.201. The Morgan fingerprint density at radius 2 is 1.84 bits per heavy atom. The van der Waals surface area contributed by atoms with Crippen molar-refractivity contribution in [3.05, 3.63) is 62.6 Å². The molecule has 37 heavy (non-hydrogen) atoms. The molecular weight excluding hydrogens is 532 g/mol. The van der Waals surface area contributed by atoms with Crippen LogP contribution in [0.3, 0.4) is 0 Å². The summed E-state index contributed by atoms with van der Waals surface area (Å²) in [5.74, 6) is -0.185. The fraction of sp³-hybridized carbons (Fsp3) is 0.500. The Morgan fingerprint density at radius 1 is 1.11 bits per heavy atom. The van der Waals surface area contributed by atoms with E-state index in [1.807, 2.05) is 18.0 Å². The van der Waals surface area contributed by atoms with E-state index < -0.39 is 15.7 Å². The van der Waals surface area contributed by atoms with E-state index in [9.17, 15) is 13.2 Å². The summed E-state index contributed by atoms with van der Waals surface area (Å²) < 4.78 is 34.1. The summed E-state index contributed by atoms with van der Waals surface area (Å²) in [5.41, 5.74) is 0.226. The molecule has 0 N–H and O–H groups in total. The van der Waals surface area contributed by atoms with Crippen molar-refractivity contribution in [2.24, 2.45) is 0 Å². The van der Waals surface area contributed by atoms with Crippen molar-refractivity contribution in [2.75, 3.05) is 53.5 Å². The molecule has 0 bridgehead atoms. The standard InChI is InChI=1S/C26H33ClN4O4S2/c1-28-25(11-13-29(14-12-25)16-21-6-4-3-5-7-21)18-31-24(32)17-30(19-26(28,31)20-35-2)37(33,34)15-10-22-8-9-23(27)36-22/h3-10,15H,11-14,16-20H2,1-2H3. The molecule has 0 radical (unpaired) electrons. The van der Waals surface area contributed by atoms with Crippen molar-refractivity contribution in [3.8, 4) is 0 Å². The number of amides is 1.